The largest absolute Gasteiger partial charge is 0.392 e. The molecule has 11 heteroatoms. The maximum absolute atomic E-state index is 12.4. The van der Waals surface area contributed by atoms with E-state index in [-0.39, 0.29) is 37.0 Å². The molecule has 0 aromatic heterocycles. The van der Waals surface area contributed by atoms with Crippen LogP contribution < -0.4 is 10.8 Å². The molecule has 2 amide bonds. The van der Waals surface area contributed by atoms with Crippen molar-refractivity contribution in [3.63, 3.8) is 0 Å². The fourth-order valence-corrected chi connectivity index (χ4v) is 6.66. The summed E-state index contributed by atoms with van der Waals surface area (Å²) in [5.41, 5.74) is 5.39. The Kier molecular flexibility index (Phi) is 13.6. The number of aliphatic hydroxyl groups excluding tert-OH is 1. The van der Waals surface area contributed by atoms with Gasteiger partial charge in [0.15, 0.2) is 6.29 Å². The van der Waals surface area contributed by atoms with Crippen LogP contribution in [0.15, 0.2) is 72.8 Å². The number of hydroxylamine groups is 1. The number of amides is 2. The first-order valence-electron chi connectivity index (χ1n) is 17.2. The van der Waals surface area contributed by atoms with E-state index < -0.39 is 11.9 Å². The van der Waals surface area contributed by atoms with Gasteiger partial charge in [0.1, 0.15) is 0 Å². The number of rotatable bonds is 15. The molecule has 2 fully saturated rings. The molecule has 2 saturated heterocycles. The van der Waals surface area contributed by atoms with Crippen LogP contribution in [-0.4, -0.2) is 57.9 Å². The number of aliphatic hydroxyl groups is 2. The predicted octanol–water partition coefficient (Wildman–Crippen LogP) is 5.82. The average molecular weight is 694 g/mol. The summed E-state index contributed by atoms with van der Waals surface area (Å²) in [4.78, 5) is 25.8. The van der Waals surface area contributed by atoms with Crippen LogP contribution in [0.2, 0.25) is 5.02 Å². The number of hydrogen-bond donors (Lipinski definition) is 5. The maximum atomic E-state index is 12.4. The number of ether oxygens (including phenoxy) is 2. The molecule has 0 bridgehead atoms. The van der Waals surface area contributed by atoms with E-state index in [0.717, 1.165) is 60.2 Å². The van der Waals surface area contributed by atoms with E-state index in [2.05, 4.69) is 10.2 Å². The van der Waals surface area contributed by atoms with Crippen molar-refractivity contribution >= 4 is 23.4 Å². The molecular formula is C38H48ClN3O7. The Bertz CT molecular complexity index is 1480. The van der Waals surface area contributed by atoms with E-state index in [1.54, 1.807) is 5.48 Å². The monoisotopic (exact) mass is 693 g/mol. The summed E-state index contributed by atoms with van der Waals surface area (Å²) < 4.78 is 13.1. The van der Waals surface area contributed by atoms with Crippen LogP contribution in [0.3, 0.4) is 0 Å². The number of piperidine rings is 1. The molecule has 2 aliphatic rings. The highest BCUT2D eigenvalue weighted by Crippen LogP contribution is 2.39. The van der Waals surface area contributed by atoms with Crippen molar-refractivity contribution in [2.75, 3.05) is 19.6 Å². The Balaban J connectivity index is 1.15. The Labute approximate surface area is 293 Å². The third-order valence-electron chi connectivity index (χ3n) is 9.57. The van der Waals surface area contributed by atoms with Gasteiger partial charge in [-0.1, -0.05) is 85.1 Å². The Morgan fingerprint density at radius 1 is 0.816 bits per heavy atom. The van der Waals surface area contributed by atoms with E-state index in [1.165, 1.54) is 0 Å². The fraction of sp³-hybridized carbons (Fsp3) is 0.474. The van der Waals surface area contributed by atoms with Crippen LogP contribution in [-0.2, 0) is 37.8 Å². The third kappa shape index (κ3) is 10.8. The van der Waals surface area contributed by atoms with Crippen LogP contribution in [0.25, 0.3) is 0 Å². The van der Waals surface area contributed by atoms with Gasteiger partial charge >= 0.3 is 0 Å². The summed E-state index contributed by atoms with van der Waals surface area (Å²) in [6.45, 7) is 2.60. The van der Waals surface area contributed by atoms with Gasteiger partial charge in [-0.15, -0.1) is 0 Å². The molecule has 10 nitrogen and oxygen atoms in total. The van der Waals surface area contributed by atoms with Crippen molar-refractivity contribution in [3.8, 4) is 0 Å². The molecule has 0 saturated carbocycles. The number of likely N-dealkylation sites (tertiary alicyclic amines) is 1. The zero-order valence-corrected chi connectivity index (χ0v) is 28.6. The predicted molar refractivity (Wildman–Crippen MR) is 185 cm³/mol. The molecular weight excluding hydrogens is 646 g/mol. The minimum atomic E-state index is -0.875. The molecule has 0 aliphatic carbocycles. The molecule has 5 N–H and O–H groups in total. The topological polar surface area (TPSA) is 141 Å². The Morgan fingerprint density at radius 3 is 2.06 bits per heavy atom. The van der Waals surface area contributed by atoms with Crippen molar-refractivity contribution in [2.24, 2.45) is 0 Å². The average Bonchev–Trinajstić information content (AvgIpc) is 3.13. The number of carbonyl (C=O) groups is 2. The summed E-state index contributed by atoms with van der Waals surface area (Å²) in [7, 11) is 0. The van der Waals surface area contributed by atoms with Gasteiger partial charge in [0, 0.05) is 56.0 Å². The lowest BCUT2D eigenvalue weighted by molar-refractivity contribution is -0.253. The number of carbonyl (C=O) groups excluding carboxylic acids is 2. The number of nitrogens with zero attached hydrogens (tertiary/aromatic N) is 1. The molecule has 49 heavy (non-hydrogen) atoms. The van der Waals surface area contributed by atoms with Crippen LogP contribution in [0, 0.1) is 0 Å². The van der Waals surface area contributed by atoms with Gasteiger partial charge in [0.05, 0.1) is 24.4 Å². The lowest BCUT2D eigenvalue weighted by Crippen LogP contribution is -2.46. The summed E-state index contributed by atoms with van der Waals surface area (Å²) in [6.07, 6.45) is 4.85. The van der Waals surface area contributed by atoms with Crippen LogP contribution in [0.5, 0.6) is 0 Å². The quantitative estimate of drug-likeness (QED) is 0.0762. The van der Waals surface area contributed by atoms with Crippen LogP contribution >= 0.6 is 11.6 Å². The van der Waals surface area contributed by atoms with Crippen molar-refractivity contribution in [1.82, 2.24) is 15.7 Å². The molecule has 3 aromatic rings. The van der Waals surface area contributed by atoms with E-state index in [4.69, 9.17) is 26.3 Å². The lowest BCUT2D eigenvalue weighted by Gasteiger charge is -2.42. The minimum Gasteiger partial charge on any atom is -0.392 e. The molecule has 264 valence electrons. The summed E-state index contributed by atoms with van der Waals surface area (Å²) >= 11 is 6.07. The fourth-order valence-electron chi connectivity index (χ4n) is 6.54. The zero-order valence-electron chi connectivity index (χ0n) is 27.9. The second kappa shape index (κ2) is 18.1. The van der Waals surface area contributed by atoms with Crippen LogP contribution in [0.4, 0.5) is 0 Å². The summed E-state index contributed by atoms with van der Waals surface area (Å²) in [5, 5.41) is 33.1. The molecule has 3 aromatic carbocycles. The van der Waals surface area contributed by atoms with Gasteiger partial charge < -0.3 is 29.9 Å². The number of halogens is 1. The molecule has 2 heterocycles. The number of nitrogens with one attached hydrogen (secondary N) is 2. The summed E-state index contributed by atoms with van der Waals surface area (Å²) in [6, 6.07) is 23.2. The van der Waals surface area contributed by atoms with Gasteiger partial charge in [-0.25, -0.2) is 5.48 Å². The highest BCUT2D eigenvalue weighted by Gasteiger charge is 2.37. The van der Waals surface area contributed by atoms with Crippen molar-refractivity contribution in [2.45, 2.75) is 95.0 Å². The first-order valence-corrected chi connectivity index (χ1v) is 17.6. The Morgan fingerprint density at radius 2 is 1.43 bits per heavy atom. The maximum Gasteiger partial charge on any atom is 0.243 e. The van der Waals surface area contributed by atoms with E-state index in [1.807, 2.05) is 72.8 Å². The van der Waals surface area contributed by atoms with E-state index in [0.29, 0.717) is 50.2 Å². The second-order valence-corrected chi connectivity index (χ2v) is 13.6. The number of benzene rings is 3. The van der Waals surface area contributed by atoms with Gasteiger partial charge in [0.25, 0.3) is 0 Å². The molecule has 3 unspecified atom stereocenters. The van der Waals surface area contributed by atoms with Crippen molar-refractivity contribution in [1.29, 1.82) is 0 Å². The van der Waals surface area contributed by atoms with Crippen LogP contribution in [0.1, 0.15) is 98.0 Å². The minimum absolute atomic E-state index is 0.0154. The molecule has 0 radical (unpaired) electrons. The third-order valence-corrected chi connectivity index (χ3v) is 9.82. The first kappa shape index (κ1) is 36.9. The van der Waals surface area contributed by atoms with Gasteiger partial charge in [-0.05, 0) is 60.1 Å². The van der Waals surface area contributed by atoms with E-state index in [9.17, 15) is 19.8 Å². The van der Waals surface area contributed by atoms with Gasteiger partial charge in [-0.2, -0.15) is 0 Å². The molecule has 3 atom stereocenters. The normalized spacial score (nSPS) is 20.9. The smallest absolute Gasteiger partial charge is 0.243 e. The van der Waals surface area contributed by atoms with Gasteiger partial charge in [-0.3, -0.25) is 14.8 Å². The SMILES string of the molecule is O=C(CCCCCCC(=O)NCc1ccc(C2OC(CN3CCC(O)(c4ccc(Cl)cc4)CC3)CC(c3ccc(CO)cc3)O2)cc1)NO. The highest BCUT2D eigenvalue weighted by molar-refractivity contribution is 6.30. The number of unbranched alkanes of at least 4 members (excludes halogenated alkanes) is 3. The van der Waals surface area contributed by atoms with E-state index >= 15 is 0 Å². The highest BCUT2D eigenvalue weighted by atomic mass is 35.5. The lowest BCUT2D eigenvalue weighted by atomic mass is 9.84. The first-order chi connectivity index (χ1) is 23.7. The standard InChI is InChI=1S/C38H48ClN3O7/c39-32-17-15-31(16-18-32)38(46)19-21-42(22-20-38)25-33-23-34(29-11-9-28(26-43)10-12-29)49-37(48-33)30-13-7-27(8-14-30)24-40-35(44)5-3-1-2-4-6-36(45)41-47/h7-18,33-34,37,43,46-47H,1-6,19-26H2,(H,40,44)(H,41,45). The summed E-state index contributed by atoms with van der Waals surface area (Å²) in [5.74, 6) is -0.403. The van der Waals surface area contributed by atoms with Gasteiger partial charge in [0.2, 0.25) is 11.8 Å². The van der Waals surface area contributed by atoms with Crippen molar-refractivity contribution < 1.29 is 34.5 Å². The second-order valence-electron chi connectivity index (χ2n) is 13.2. The molecule has 2 aliphatic heterocycles. The molecule has 0 spiro atoms. The van der Waals surface area contributed by atoms with Crippen molar-refractivity contribution in [3.05, 3.63) is 106 Å². The number of hydrogen-bond acceptors (Lipinski definition) is 8. The zero-order chi connectivity index (χ0) is 34.6. The Hall–Kier alpha value is -3.35. The molecule has 5 rings (SSSR count).